The normalized spacial score (nSPS) is 19.6. The van der Waals surface area contributed by atoms with Crippen molar-refractivity contribution >= 4 is 0 Å². The van der Waals surface area contributed by atoms with E-state index in [1.54, 1.807) is 0 Å². The fourth-order valence-corrected chi connectivity index (χ4v) is 2.60. The van der Waals surface area contributed by atoms with Crippen LogP contribution in [0.1, 0.15) is 60.3 Å². The van der Waals surface area contributed by atoms with Crippen LogP contribution in [0.5, 0.6) is 0 Å². The molecule has 1 heteroatoms. The molecule has 0 bridgehead atoms. The molecule has 0 N–H and O–H groups in total. The SMILES string of the molecule is CCCCC(C)[C@H](CC)C(C)C(C)CF. The van der Waals surface area contributed by atoms with E-state index in [1.807, 2.05) is 6.92 Å². The van der Waals surface area contributed by atoms with Crippen LogP contribution < -0.4 is 0 Å². The van der Waals surface area contributed by atoms with Crippen LogP contribution in [0.2, 0.25) is 0 Å². The van der Waals surface area contributed by atoms with E-state index in [4.69, 9.17) is 0 Å². The van der Waals surface area contributed by atoms with E-state index in [1.165, 1.54) is 25.7 Å². The Kier molecular flexibility index (Phi) is 8.09. The second kappa shape index (κ2) is 8.13. The Bertz CT molecular complexity index is 144. The lowest BCUT2D eigenvalue weighted by atomic mass is 9.74. The van der Waals surface area contributed by atoms with Crippen LogP contribution in [0.4, 0.5) is 4.39 Å². The monoisotopic (exact) mass is 216 g/mol. The second-order valence-electron chi connectivity index (χ2n) is 5.18. The molecule has 0 amide bonds. The summed E-state index contributed by atoms with van der Waals surface area (Å²) in [4.78, 5) is 0. The van der Waals surface area contributed by atoms with Crippen molar-refractivity contribution in [1.29, 1.82) is 0 Å². The van der Waals surface area contributed by atoms with Crippen molar-refractivity contribution in [2.45, 2.75) is 60.3 Å². The summed E-state index contributed by atoms with van der Waals surface area (Å²) in [6.07, 6.45) is 5.08. The van der Waals surface area contributed by atoms with Crippen LogP contribution in [-0.4, -0.2) is 6.67 Å². The molecule has 0 radical (unpaired) electrons. The van der Waals surface area contributed by atoms with Crippen molar-refractivity contribution in [1.82, 2.24) is 0 Å². The first-order valence-electron chi connectivity index (χ1n) is 6.64. The van der Waals surface area contributed by atoms with E-state index in [9.17, 15) is 4.39 Å². The Hall–Kier alpha value is -0.0700. The summed E-state index contributed by atoms with van der Waals surface area (Å²) in [6, 6.07) is 0. The highest BCUT2D eigenvalue weighted by Crippen LogP contribution is 2.32. The molecule has 0 saturated carbocycles. The fourth-order valence-electron chi connectivity index (χ4n) is 2.60. The van der Waals surface area contributed by atoms with Crippen LogP contribution >= 0.6 is 0 Å². The van der Waals surface area contributed by atoms with E-state index in [-0.39, 0.29) is 12.6 Å². The maximum Gasteiger partial charge on any atom is 0.0922 e. The number of halogens is 1. The van der Waals surface area contributed by atoms with Gasteiger partial charge in [-0.3, -0.25) is 4.39 Å². The molecule has 0 saturated heterocycles. The van der Waals surface area contributed by atoms with Gasteiger partial charge in [0.25, 0.3) is 0 Å². The van der Waals surface area contributed by atoms with Gasteiger partial charge in [0.2, 0.25) is 0 Å². The molecule has 0 aromatic heterocycles. The molecule has 0 spiro atoms. The van der Waals surface area contributed by atoms with E-state index in [0.717, 1.165) is 5.92 Å². The van der Waals surface area contributed by atoms with Gasteiger partial charge in [-0.25, -0.2) is 0 Å². The first-order chi connectivity index (χ1) is 7.08. The van der Waals surface area contributed by atoms with Gasteiger partial charge in [-0.05, 0) is 23.7 Å². The quantitative estimate of drug-likeness (QED) is 0.530. The van der Waals surface area contributed by atoms with Gasteiger partial charge in [-0.1, -0.05) is 60.3 Å². The Morgan fingerprint density at radius 3 is 2.00 bits per heavy atom. The van der Waals surface area contributed by atoms with Crippen molar-refractivity contribution in [2.75, 3.05) is 6.67 Å². The predicted molar refractivity (Wildman–Crippen MR) is 66.8 cm³/mol. The second-order valence-corrected chi connectivity index (χ2v) is 5.18. The Morgan fingerprint density at radius 2 is 1.60 bits per heavy atom. The van der Waals surface area contributed by atoms with E-state index < -0.39 is 0 Å². The molecule has 15 heavy (non-hydrogen) atoms. The van der Waals surface area contributed by atoms with Crippen molar-refractivity contribution in [3.63, 3.8) is 0 Å². The van der Waals surface area contributed by atoms with E-state index >= 15 is 0 Å². The zero-order chi connectivity index (χ0) is 11.8. The van der Waals surface area contributed by atoms with Crippen LogP contribution in [0.15, 0.2) is 0 Å². The predicted octanol–water partition coefficient (Wildman–Crippen LogP) is 5.08. The largest absolute Gasteiger partial charge is 0.251 e. The first-order valence-corrected chi connectivity index (χ1v) is 6.64. The van der Waals surface area contributed by atoms with Gasteiger partial charge in [-0.2, -0.15) is 0 Å². The third kappa shape index (κ3) is 4.99. The molecule has 0 nitrogen and oxygen atoms in total. The number of alkyl halides is 1. The van der Waals surface area contributed by atoms with Gasteiger partial charge in [0.15, 0.2) is 0 Å². The summed E-state index contributed by atoms with van der Waals surface area (Å²) >= 11 is 0. The summed E-state index contributed by atoms with van der Waals surface area (Å²) in [5, 5.41) is 0. The average molecular weight is 216 g/mol. The molecule has 4 atom stereocenters. The third-order valence-corrected chi connectivity index (χ3v) is 4.03. The molecular weight excluding hydrogens is 187 g/mol. The molecule has 0 rings (SSSR count). The molecule has 0 fully saturated rings. The Labute approximate surface area is 95.6 Å². The lowest BCUT2D eigenvalue weighted by Gasteiger charge is -2.31. The minimum Gasteiger partial charge on any atom is -0.251 e. The number of hydrogen-bond acceptors (Lipinski definition) is 0. The van der Waals surface area contributed by atoms with Gasteiger partial charge in [0.1, 0.15) is 0 Å². The van der Waals surface area contributed by atoms with Gasteiger partial charge >= 0.3 is 0 Å². The molecule has 0 aliphatic heterocycles. The number of unbranched alkanes of at least 4 members (excludes halogenated alkanes) is 1. The van der Waals surface area contributed by atoms with E-state index in [0.29, 0.717) is 11.8 Å². The van der Waals surface area contributed by atoms with Crippen molar-refractivity contribution in [3.8, 4) is 0 Å². The first kappa shape index (κ1) is 14.9. The third-order valence-electron chi connectivity index (χ3n) is 4.03. The summed E-state index contributed by atoms with van der Waals surface area (Å²) in [6.45, 7) is 10.9. The molecule has 0 aromatic carbocycles. The maximum absolute atomic E-state index is 12.6. The van der Waals surface area contributed by atoms with Crippen LogP contribution in [0.25, 0.3) is 0 Å². The fraction of sp³-hybridized carbons (Fsp3) is 1.00. The molecular formula is C14H29F. The highest BCUT2D eigenvalue weighted by molar-refractivity contribution is 4.74. The molecule has 3 unspecified atom stereocenters. The van der Waals surface area contributed by atoms with Crippen LogP contribution in [0.3, 0.4) is 0 Å². The van der Waals surface area contributed by atoms with E-state index in [2.05, 4.69) is 27.7 Å². The van der Waals surface area contributed by atoms with Gasteiger partial charge in [-0.15, -0.1) is 0 Å². The van der Waals surface area contributed by atoms with Crippen molar-refractivity contribution < 1.29 is 4.39 Å². The standard InChI is InChI=1S/C14H29F/c1-6-8-9-11(3)14(7-2)13(5)12(4)10-15/h11-14H,6-10H2,1-5H3/t11?,12?,13?,14-/m0/s1. The molecule has 92 valence electrons. The van der Waals surface area contributed by atoms with Gasteiger partial charge in [0.05, 0.1) is 6.67 Å². The number of hydrogen-bond donors (Lipinski definition) is 0. The Balaban J connectivity index is 4.19. The minimum absolute atomic E-state index is 0.168. The molecule has 0 aliphatic rings. The highest BCUT2D eigenvalue weighted by atomic mass is 19.1. The zero-order valence-electron chi connectivity index (χ0n) is 11.2. The summed E-state index contributed by atoms with van der Waals surface area (Å²) in [5.74, 6) is 2.19. The minimum atomic E-state index is -0.168. The maximum atomic E-state index is 12.6. The smallest absolute Gasteiger partial charge is 0.0922 e. The zero-order valence-corrected chi connectivity index (χ0v) is 11.2. The van der Waals surface area contributed by atoms with Gasteiger partial charge in [0, 0.05) is 0 Å². The van der Waals surface area contributed by atoms with Gasteiger partial charge < -0.3 is 0 Å². The summed E-state index contributed by atoms with van der Waals surface area (Å²) in [5.41, 5.74) is 0. The molecule has 0 aliphatic carbocycles. The van der Waals surface area contributed by atoms with Crippen molar-refractivity contribution in [3.05, 3.63) is 0 Å². The Morgan fingerprint density at radius 1 is 1.00 bits per heavy atom. The summed E-state index contributed by atoms with van der Waals surface area (Å²) in [7, 11) is 0. The summed E-state index contributed by atoms with van der Waals surface area (Å²) < 4.78 is 12.6. The average Bonchev–Trinajstić information content (AvgIpc) is 2.25. The highest BCUT2D eigenvalue weighted by Gasteiger charge is 2.25. The lowest BCUT2D eigenvalue weighted by molar-refractivity contribution is 0.158. The lowest BCUT2D eigenvalue weighted by Crippen LogP contribution is -2.25. The topological polar surface area (TPSA) is 0 Å². The molecule has 0 heterocycles. The van der Waals surface area contributed by atoms with Crippen LogP contribution in [0, 0.1) is 23.7 Å². The van der Waals surface area contributed by atoms with Crippen molar-refractivity contribution in [2.24, 2.45) is 23.7 Å². The van der Waals surface area contributed by atoms with Crippen LogP contribution in [-0.2, 0) is 0 Å². The molecule has 0 aromatic rings. The number of rotatable bonds is 8.